The number of hydrogen-bond donors (Lipinski definition) is 2. The monoisotopic (exact) mass is 207 g/mol. The first-order valence-electron chi connectivity index (χ1n) is 5.51. The van der Waals surface area contributed by atoms with Gasteiger partial charge in [0.05, 0.1) is 12.2 Å². The van der Waals surface area contributed by atoms with Crippen molar-refractivity contribution in [1.82, 2.24) is 5.32 Å². The zero-order valence-electron chi connectivity index (χ0n) is 8.99. The predicted molar refractivity (Wildman–Crippen MR) is 59.3 cm³/mol. The Labute approximate surface area is 90.1 Å². The minimum Gasteiger partial charge on any atom is -0.507 e. The molecule has 15 heavy (non-hydrogen) atoms. The Morgan fingerprint density at radius 1 is 1.53 bits per heavy atom. The van der Waals surface area contributed by atoms with Crippen molar-refractivity contribution in [3.05, 3.63) is 23.8 Å². The van der Waals surface area contributed by atoms with Crippen LogP contribution in [0.25, 0.3) is 0 Å². The van der Waals surface area contributed by atoms with E-state index in [2.05, 4.69) is 5.32 Å². The molecule has 1 aliphatic heterocycles. The van der Waals surface area contributed by atoms with Crippen LogP contribution in [0, 0.1) is 0 Å². The molecule has 0 radical (unpaired) electrons. The topological polar surface area (TPSA) is 41.5 Å². The van der Waals surface area contributed by atoms with Crippen molar-refractivity contribution < 1.29 is 9.84 Å². The standard InChI is InChI=1S/C12H17NO2/c1-2-15-11-7-3-6-10(14)12(11)9-5-4-8-13-9/h3,6-7,9,13-14H,2,4-5,8H2,1H3. The highest BCUT2D eigenvalue weighted by atomic mass is 16.5. The first kappa shape index (κ1) is 10.3. The van der Waals surface area contributed by atoms with E-state index in [1.165, 1.54) is 0 Å². The van der Waals surface area contributed by atoms with Crippen molar-refractivity contribution in [2.24, 2.45) is 0 Å². The van der Waals surface area contributed by atoms with E-state index in [-0.39, 0.29) is 6.04 Å². The molecule has 0 aromatic heterocycles. The number of benzene rings is 1. The molecule has 1 atom stereocenters. The van der Waals surface area contributed by atoms with Crippen LogP contribution in [0.3, 0.4) is 0 Å². The van der Waals surface area contributed by atoms with Gasteiger partial charge >= 0.3 is 0 Å². The molecule has 2 N–H and O–H groups in total. The maximum atomic E-state index is 9.86. The molecule has 0 saturated carbocycles. The summed E-state index contributed by atoms with van der Waals surface area (Å²) in [5, 5.41) is 13.2. The van der Waals surface area contributed by atoms with Gasteiger partial charge in [-0.25, -0.2) is 0 Å². The number of nitrogens with one attached hydrogen (secondary N) is 1. The molecule has 1 heterocycles. The quantitative estimate of drug-likeness (QED) is 0.798. The number of aromatic hydroxyl groups is 1. The molecule has 1 aliphatic rings. The molecule has 1 aromatic rings. The van der Waals surface area contributed by atoms with Crippen molar-refractivity contribution in [2.75, 3.05) is 13.2 Å². The lowest BCUT2D eigenvalue weighted by Crippen LogP contribution is -2.14. The third-order valence-corrected chi connectivity index (χ3v) is 2.75. The van der Waals surface area contributed by atoms with E-state index in [1.54, 1.807) is 6.07 Å². The number of ether oxygens (including phenoxy) is 1. The molecule has 3 heteroatoms. The van der Waals surface area contributed by atoms with Gasteiger partial charge < -0.3 is 15.2 Å². The van der Waals surface area contributed by atoms with Gasteiger partial charge in [0.1, 0.15) is 11.5 Å². The van der Waals surface area contributed by atoms with Gasteiger partial charge in [-0.2, -0.15) is 0 Å². The molecular weight excluding hydrogens is 190 g/mol. The van der Waals surface area contributed by atoms with E-state index < -0.39 is 0 Å². The van der Waals surface area contributed by atoms with Gasteiger partial charge in [0.2, 0.25) is 0 Å². The largest absolute Gasteiger partial charge is 0.507 e. The minimum atomic E-state index is 0.243. The highest BCUT2D eigenvalue weighted by Gasteiger charge is 2.22. The molecule has 1 fully saturated rings. The van der Waals surface area contributed by atoms with Crippen LogP contribution in [0.1, 0.15) is 31.4 Å². The second-order valence-electron chi connectivity index (χ2n) is 3.77. The normalized spacial score (nSPS) is 20.5. The van der Waals surface area contributed by atoms with Crippen LogP contribution in [0.5, 0.6) is 11.5 Å². The van der Waals surface area contributed by atoms with Crippen LogP contribution in [0.2, 0.25) is 0 Å². The third-order valence-electron chi connectivity index (χ3n) is 2.75. The average Bonchev–Trinajstić information content (AvgIpc) is 2.71. The molecule has 1 unspecified atom stereocenters. The van der Waals surface area contributed by atoms with Gasteiger partial charge in [0, 0.05) is 6.04 Å². The van der Waals surface area contributed by atoms with Crippen LogP contribution in [-0.4, -0.2) is 18.3 Å². The molecule has 0 amide bonds. The van der Waals surface area contributed by atoms with E-state index in [4.69, 9.17) is 4.74 Å². The number of rotatable bonds is 3. The SMILES string of the molecule is CCOc1cccc(O)c1C1CCCN1. The van der Waals surface area contributed by atoms with Gasteiger partial charge in [-0.15, -0.1) is 0 Å². The van der Waals surface area contributed by atoms with Crippen molar-refractivity contribution in [3.8, 4) is 11.5 Å². The summed E-state index contributed by atoms with van der Waals surface area (Å²) in [5.74, 6) is 1.14. The highest BCUT2D eigenvalue weighted by Crippen LogP contribution is 2.37. The lowest BCUT2D eigenvalue weighted by Gasteiger charge is -2.17. The summed E-state index contributed by atoms with van der Waals surface area (Å²) >= 11 is 0. The lowest BCUT2D eigenvalue weighted by molar-refractivity contribution is 0.328. The maximum Gasteiger partial charge on any atom is 0.127 e. The Balaban J connectivity index is 2.32. The summed E-state index contributed by atoms with van der Waals surface area (Å²) in [5.41, 5.74) is 0.914. The second kappa shape index (κ2) is 4.53. The summed E-state index contributed by atoms with van der Waals surface area (Å²) in [7, 11) is 0. The van der Waals surface area contributed by atoms with Crippen molar-refractivity contribution in [1.29, 1.82) is 0 Å². The molecule has 0 spiro atoms. The second-order valence-corrected chi connectivity index (χ2v) is 3.77. The predicted octanol–water partition coefficient (Wildman–Crippen LogP) is 2.22. The molecule has 0 aliphatic carbocycles. The van der Waals surface area contributed by atoms with Gasteiger partial charge in [-0.3, -0.25) is 0 Å². The first-order chi connectivity index (χ1) is 7.33. The Kier molecular flexibility index (Phi) is 3.11. The molecule has 3 nitrogen and oxygen atoms in total. The van der Waals surface area contributed by atoms with Crippen molar-refractivity contribution >= 4 is 0 Å². The summed E-state index contributed by atoms with van der Waals surface area (Å²) in [6, 6.07) is 5.70. The van der Waals surface area contributed by atoms with E-state index in [0.29, 0.717) is 12.4 Å². The first-order valence-corrected chi connectivity index (χ1v) is 5.51. The summed E-state index contributed by atoms with van der Waals surface area (Å²) in [6.45, 7) is 3.60. The zero-order valence-corrected chi connectivity index (χ0v) is 8.99. The molecule has 0 bridgehead atoms. The Bertz CT molecular complexity index is 332. The fraction of sp³-hybridized carbons (Fsp3) is 0.500. The molecule has 1 saturated heterocycles. The molecule has 2 rings (SSSR count). The van der Waals surface area contributed by atoms with Gasteiger partial charge in [0.15, 0.2) is 0 Å². The Morgan fingerprint density at radius 3 is 3.07 bits per heavy atom. The summed E-state index contributed by atoms with van der Waals surface area (Å²) < 4.78 is 5.53. The number of hydrogen-bond acceptors (Lipinski definition) is 3. The number of phenolic OH excluding ortho intramolecular Hbond substituents is 1. The van der Waals surface area contributed by atoms with E-state index in [0.717, 1.165) is 30.7 Å². The van der Waals surface area contributed by atoms with Crippen molar-refractivity contribution in [2.45, 2.75) is 25.8 Å². The van der Waals surface area contributed by atoms with Crippen LogP contribution < -0.4 is 10.1 Å². The zero-order chi connectivity index (χ0) is 10.7. The van der Waals surface area contributed by atoms with Crippen molar-refractivity contribution in [3.63, 3.8) is 0 Å². The Hall–Kier alpha value is -1.22. The maximum absolute atomic E-state index is 9.86. The van der Waals surface area contributed by atoms with Gasteiger partial charge in [-0.1, -0.05) is 6.07 Å². The van der Waals surface area contributed by atoms with Gasteiger partial charge in [-0.05, 0) is 38.4 Å². The molecule has 82 valence electrons. The third kappa shape index (κ3) is 2.07. The fourth-order valence-corrected chi connectivity index (χ4v) is 2.09. The number of phenols is 1. The average molecular weight is 207 g/mol. The fourth-order valence-electron chi connectivity index (χ4n) is 2.09. The van der Waals surface area contributed by atoms with E-state index >= 15 is 0 Å². The van der Waals surface area contributed by atoms with Crippen LogP contribution in [-0.2, 0) is 0 Å². The Morgan fingerprint density at radius 2 is 2.40 bits per heavy atom. The van der Waals surface area contributed by atoms with Crippen LogP contribution in [0.15, 0.2) is 18.2 Å². The van der Waals surface area contributed by atoms with E-state index in [9.17, 15) is 5.11 Å². The summed E-state index contributed by atoms with van der Waals surface area (Å²) in [6.07, 6.45) is 2.22. The smallest absolute Gasteiger partial charge is 0.127 e. The van der Waals surface area contributed by atoms with Crippen LogP contribution >= 0.6 is 0 Å². The van der Waals surface area contributed by atoms with E-state index in [1.807, 2.05) is 19.1 Å². The highest BCUT2D eigenvalue weighted by molar-refractivity contribution is 5.46. The van der Waals surface area contributed by atoms with Crippen LogP contribution in [0.4, 0.5) is 0 Å². The summed E-state index contributed by atoms with van der Waals surface area (Å²) in [4.78, 5) is 0. The minimum absolute atomic E-state index is 0.243. The lowest BCUT2D eigenvalue weighted by atomic mass is 10.0. The molecule has 1 aromatic carbocycles. The molecular formula is C12H17NO2. The van der Waals surface area contributed by atoms with Gasteiger partial charge in [0.25, 0.3) is 0 Å².